The van der Waals surface area contributed by atoms with Crippen molar-refractivity contribution in [1.82, 2.24) is 0 Å². The molecule has 3 rings (SSSR count). The summed E-state index contributed by atoms with van der Waals surface area (Å²) in [5, 5.41) is 5.24. The van der Waals surface area contributed by atoms with Gasteiger partial charge in [-0.3, -0.25) is 9.59 Å². The molecule has 6 heteroatoms. The number of hydrogen-bond donors (Lipinski definition) is 2. The second kappa shape index (κ2) is 7.25. The summed E-state index contributed by atoms with van der Waals surface area (Å²) in [7, 11) is 0. The first kappa shape index (κ1) is 16.8. The monoisotopic (exact) mass is 340 g/mol. The zero-order valence-corrected chi connectivity index (χ0v) is 14.2. The van der Waals surface area contributed by atoms with E-state index in [-0.39, 0.29) is 5.92 Å². The van der Waals surface area contributed by atoms with Gasteiger partial charge in [0.25, 0.3) is 0 Å². The summed E-state index contributed by atoms with van der Waals surface area (Å²) in [6.07, 6.45) is 0. The van der Waals surface area contributed by atoms with Crippen molar-refractivity contribution in [1.29, 1.82) is 0 Å². The van der Waals surface area contributed by atoms with Gasteiger partial charge in [0, 0.05) is 17.4 Å². The number of rotatable bonds is 3. The van der Waals surface area contributed by atoms with Gasteiger partial charge in [-0.25, -0.2) is 0 Å². The van der Waals surface area contributed by atoms with Gasteiger partial charge in [0.2, 0.25) is 0 Å². The van der Waals surface area contributed by atoms with Crippen LogP contribution in [0.3, 0.4) is 0 Å². The number of fused-ring (bicyclic) bond motifs is 1. The third kappa shape index (κ3) is 3.91. The number of para-hydroxylation sites is 1. The Morgan fingerprint density at radius 3 is 2.36 bits per heavy atom. The minimum atomic E-state index is -0.741. The fraction of sp³-hybridized carbons (Fsp3) is 0.263. The predicted octanol–water partition coefficient (Wildman–Crippen LogP) is 3.16. The van der Waals surface area contributed by atoms with Crippen molar-refractivity contribution < 1.29 is 19.1 Å². The number of amides is 2. The first-order valence-corrected chi connectivity index (χ1v) is 8.15. The molecule has 0 bridgehead atoms. The third-order valence-corrected chi connectivity index (χ3v) is 3.84. The van der Waals surface area contributed by atoms with Crippen molar-refractivity contribution in [2.75, 3.05) is 23.8 Å². The van der Waals surface area contributed by atoms with E-state index in [0.717, 1.165) is 5.56 Å². The van der Waals surface area contributed by atoms with Crippen LogP contribution in [0.5, 0.6) is 11.5 Å². The maximum atomic E-state index is 12.2. The topological polar surface area (TPSA) is 76.7 Å². The van der Waals surface area contributed by atoms with E-state index in [2.05, 4.69) is 10.6 Å². The molecule has 0 aromatic heterocycles. The average molecular weight is 340 g/mol. The van der Waals surface area contributed by atoms with Crippen LogP contribution in [0.1, 0.15) is 25.3 Å². The molecule has 1 heterocycles. The van der Waals surface area contributed by atoms with Gasteiger partial charge in [-0.1, -0.05) is 32.0 Å². The van der Waals surface area contributed by atoms with Gasteiger partial charge in [-0.2, -0.15) is 0 Å². The number of ether oxygens (including phenoxy) is 2. The van der Waals surface area contributed by atoms with Crippen LogP contribution in [0.2, 0.25) is 0 Å². The van der Waals surface area contributed by atoms with Crippen molar-refractivity contribution in [2.45, 2.75) is 19.8 Å². The Bertz CT molecular complexity index is 802. The quantitative estimate of drug-likeness (QED) is 0.842. The highest BCUT2D eigenvalue weighted by Crippen LogP contribution is 2.32. The smallest absolute Gasteiger partial charge is 0.314 e. The maximum Gasteiger partial charge on any atom is 0.314 e. The first-order chi connectivity index (χ1) is 12.0. The van der Waals surface area contributed by atoms with Crippen molar-refractivity contribution in [3.8, 4) is 11.5 Å². The van der Waals surface area contributed by atoms with Crippen LogP contribution in [-0.4, -0.2) is 25.0 Å². The predicted molar refractivity (Wildman–Crippen MR) is 95.2 cm³/mol. The highest BCUT2D eigenvalue weighted by atomic mass is 16.6. The number of hydrogen-bond acceptors (Lipinski definition) is 4. The standard InChI is InChI=1S/C19H20N2O4/c1-12(2)14-5-3-4-6-15(14)21-19(23)18(22)20-13-7-8-16-17(11-13)25-10-9-24-16/h3-8,11-12H,9-10H2,1-2H3,(H,20,22)(H,21,23). The molecule has 0 aliphatic carbocycles. The molecule has 2 N–H and O–H groups in total. The van der Waals surface area contributed by atoms with E-state index in [1.807, 2.05) is 32.0 Å². The van der Waals surface area contributed by atoms with Crippen molar-refractivity contribution in [3.63, 3.8) is 0 Å². The lowest BCUT2D eigenvalue weighted by atomic mass is 10.0. The Balaban J connectivity index is 1.68. The van der Waals surface area contributed by atoms with Crippen molar-refractivity contribution in [3.05, 3.63) is 48.0 Å². The van der Waals surface area contributed by atoms with E-state index in [0.29, 0.717) is 36.1 Å². The van der Waals surface area contributed by atoms with Crippen LogP contribution in [-0.2, 0) is 9.59 Å². The molecular formula is C19H20N2O4. The Morgan fingerprint density at radius 2 is 1.60 bits per heavy atom. The second-order valence-electron chi connectivity index (χ2n) is 6.01. The van der Waals surface area contributed by atoms with Crippen LogP contribution >= 0.6 is 0 Å². The van der Waals surface area contributed by atoms with Gasteiger partial charge in [-0.15, -0.1) is 0 Å². The van der Waals surface area contributed by atoms with E-state index >= 15 is 0 Å². The van der Waals surface area contributed by atoms with E-state index in [1.54, 1.807) is 24.3 Å². The number of nitrogens with one attached hydrogen (secondary N) is 2. The molecule has 0 fully saturated rings. The van der Waals surface area contributed by atoms with Gasteiger partial charge >= 0.3 is 11.8 Å². The lowest BCUT2D eigenvalue weighted by molar-refractivity contribution is -0.133. The summed E-state index contributed by atoms with van der Waals surface area (Å²) >= 11 is 0. The lowest BCUT2D eigenvalue weighted by Gasteiger charge is -2.19. The highest BCUT2D eigenvalue weighted by Gasteiger charge is 2.18. The molecule has 130 valence electrons. The molecule has 6 nitrogen and oxygen atoms in total. The fourth-order valence-electron chi connectivity index (χ4n) is 2.60. The first-order valence-electron chi connectivity index (χ1n) is 8.15. The van der Waals surface area contributed by atoms with Crippen LogP contribution in [0.15, 0.2) is 42.5 Å². The van der Waals surface area contributed by atoms with Crippen molar-refractivity contribution >= 4 is 23.2 Å². The summed E-state index contributed by atoms with van der Waals surface area (Å²) in [4.78, 5) is 24.4. The SMILES string of the molecule is CC(C)c1ccccc1NC(=O)C(=O)Nc1ccc2c(c1)OCCO2. The summed E-state index contributed by atoms with van der Waals surface area (Å²) in [6, 6.07) is 12.4. The Labute approximate surface area is 146 Å². The highest BCUT2D eigenvalue weighted by molar-refractivity contribution is 6.43. The van der Waals surface area contributed by atoms with Crippen LogP contribution in [0, 0.1) is 0 Å². The molecule has 0 saturated carbocycles. The number of benzene rings is 2. The number of carbonyl (C=O) groups excluding carboxylic acids is 2. The summed E-state index contributed by atoms with van der Waals surface area (Å²) in [6.45, 7) is 5.01. The second-order valence-corrected chi connectivity index (χ2v) is 6.01. The van der Waals surface area contributed by atoms with Gasteiger partial charge in [-0.05, 0) is 29.7 Å². The molecule has 0 spiro atoms. The molecule has 0 saturated heterocycles. The molecule has 2 aromatic carbocycles. The summed E-state index contributed by atoms with van der Waals surface area (Å²) < 4.78 is 10.9. The molecule has 2 amide bonds. The largest absolute Gasteiger partial charge is 0.486 e. The van der Waals surface area contributed by atoms with Crippen LogP contribution in [0.25, 0.3) is 0 Å². The lowest BCUT2D eigenvalue weighted by Crippen LogP contribution is -2.29. The number of carbonyl (C=O) groups is 2. The molecule has 25 heavy (non-hydrogen) atoms. The normalized spacial score (nSPS) is 12.6. The minimum absolute atomic E-state index is 0.234. The van der Waals surface area contributed by atoms with E-state index in [4.69, 9.17) is 9.47 Å². The van der Waals surface area contributed by atoms with E-state index < -0.39 is 11.8 Å². The van der Waals surface area contributed by atoms with E-state index in [9.17, 15) is 9.59 Å². The Kier molecular flexibility index (Phi) is 4.88. The zero-order valence-electron chi connectivity index (χ0n) is 14.2. The Morgan fingerprint density at radius 1 is 0.920 bits per heavy atom. The molecule has 1 aliphatic rings. The van der Waals surface area contributed by atoms with Gasteiger partial charge < -0.3 is 20.1 Å². The molecule has 0 unspecified atom stereocenters. The van der Waals surface area contributed by atoms with Crippen molar-refractivity contribution in [2.24, 2.45) is 0 Å². The maximum absolute atomic E-state index is 12.2. The molecule has 0 atom stereocenters. The van der Waals surface area contributed by atoms with Crippen LogP contribution in [0.4, 0.5) is 11.4 Å². The third-order valence-electron chi connectivity index (χ3n) is 3.84. The van der Waals surface area contributed by atoms with Gasteiger partial charge in [0.05, 0.1) is 0 Å². The van der Waals surface area contributed by atoms with E-state index in [1.165, 1.54) is 0 Å². The average Bonchev–Trinajstić information content (AvgIpc) is 2.61. The molecule has 2 aromatic rings. The fourth-order valence-corrected chi connectivity index (χ4v) is 2.60. The molecule has 0 radical (unpaired) electrons. The minimum Gasteiger partial charge on any atom is -0.486 e. The van der Waals surface area contributed by atoms with Gasteiger partial charge in [0.1, 0.15) is 13.2 Å². The van der Waals surface area contributed by atoms with Crippen LogP contribution < -0.4 is 20.1 Å². The summed E-state index contributed by atoms with van der Waals surface area (Å²) in [5.74, 6) is -0.0512. The molecule has 1 aliphatic heterocycles. The number of anilines is 2. The zero-order chi connectivity index (χ0) is 17.8. The van der Waals surface area contributed by atoms with Gasteiger partial charge in [0.15, 0.2) is 11.5 Å². The Hall–Kier alpha value is -3.02. The summed E-state index contributed by atoms with van der Waals surface area (Å²) in [5.41, 5.74) is 2.09. The molecular weight excluding hydrogens is 320 g/mol.